The zero-order valence-corrected chi connectivity index (χ0v) is 12.3. The Kier molecular flexibility index (Phi) is 4.79. The minimum Gasteiger partial charge on any atom is -0.384 e. The molecule has 0 saturated carbocycles. The first-order valence-electron chi connectivity index (χ1n) is 6.46. The van der Waals surface area contributed by atoms with Crippen LogP contribution < -0.4 is 10.6 Å². The lowest BCUT2D eigenvalue weighted by Crippen LogP contribution is -2.49. The number of methoxy groups -OCH3 is 1. The third kappa shape index (κ3) is 3.59. The third-order valence-electron chi connectivity index (χ3n) is 3.31. The zero-order chi connectivity index (χ0) is 14.6. The van der Waals surface area contributed by atoms with E-state index in [-0.39, 0.29) is 12.4 Å². The predicted octanol–water partition coefficient (Wildman–Crippen LogP) is -0.238. The maximum absolute atomic E-state index is 12.0. The first kappa shape index (κ1) is 15.0. The van der Waals surface area contributed by atoms with E-state index in [0.717, 1.165) is 5.69 Å². The minimum atomic E-state index is -3.21. The van der Waals surface area contributed by atoms with Crippen molar-refractivity contribution in [2.75, 3.05) is 56.3 Å². The van der Waals surface area contributed by atoms with Crippen molar-refractivity contribution in [3.05, 3.63) is 18.3 Å². The topological polar surface area (TPSA) is 88.8 Å². The van der Waals surface area contributed by atoms with Crippen LogP contribution >= 0.6 is 0 Å². The fraction of sp³-hybridized carbons (Fsp3) is 0.583. The number of piperazine rings is 1. The second-order valence-electron chi connectivity index (χ2n) is 4.64. The van der Waals surface area contributed by atoms with Crippen LogP contribution in [0.15, 0.2) is 18.3 Å². The molecule has 0 radical (unpaired) electrons. The number of rotatable bonds is 5. The van der Waals surface area contributed by atoms with Crippen LogP contribution in [-0.2, 0) is 14.8 Å². The molecule has 112 valence electrons. The van der Waals surface area contributed by atoms with Crippen LogP contribution in [0.4, 0.5) is 11.5 Å². The molecule has 2 N–H and O–H groups in total. The fourth-order valence-corrected chi connectivity index (χ4v) is 3.48. The molecule has 0 aromatic carbocycles. The summed E-state index contributed by atoms with van der Waals surface area (Å²) < 4.78 is 30.4. The lowest BCUT2D eigenvalue weighted by atomic mass is 10.3. The van der Waals surface area contributed by atoms with E-state index >= 15 is 0 Å². The van der Waals surface area contributed by atoms with Crippen LogP contribution in [0.5, 0.6) is 0 Å². The molecule has 0 spiro atoms. The minimum absolute atomic E-state index is 0.0346. The van der Waals surface area contributed by atoms with Crippen LogP contribution in [0.3, 0.4) is 0 Å². The molecular weight excluding hydrogens is 280 g/mol. The van der Waals surface area contributed by atoms with Gasteiger partial charge in [-0.3, -0.25) is 0 Å². The van der Waals surface area contributed by atoms with Crippen molar-refractivity contribution in [1.29, 1.82) is 0 Å². The molecule has 0 unspecified atom stereocenters. The van der Waals surface area contributed by atoms with Crippen LogP contribution in [-0.4, -0.2) is 63.4 Å². The summed E-state index contributed by atoms with van der Waals surface area (Å²) in [5.41, 5.74) is 6.52. The molecule has 0 bridgehead atoms. The highest BCUT2D eigenvalue weighted by Crippen LogP contribution is 2.17. The van der Waals surface area contributed by atoms with Gasteiger partial charge >= 0.3 is 0 Å². The Morgan fingerprint density at radius 3 is 2.55 bits per heavy atom. The van der Waals surface area contributed by atoms with Gasteiger partial charge in [-0.05, 0) is 12.1 Å². The van der Waals surface area contributed by atoms with E-state index in [2.05, 4.69) is 9.88 Å². The molecule has 8 heteroatoms. The van der Waals surface area contributed by atoms with Crippen LogP contribution in [0.1, 0.15) is 0 Å². The average Bonchev–Trinajstić information content (AvgIpc) is 2.46. The second kappa shape index (κ2) is 6.38. The van der Waals surface area contributed by atoms with Crippen molar-refractivity contribution < 1.29 is 13.2 Å². The summed E-state index contributed by atoms with van der Waals surface area (Å²) in [6.45, 7) is 2.49. The number of hydrogen-bond acceptors (Lipinski definition) is 6. The molecule has 20 heavy (non-hydrogen) atoms. The quantitative estimate of drug-likeness (QED) is 0.807. The summed E-state index contributed by atoms with van der Waals surface area (Å²) in [6.07, 6.45) is 1.71. The average molecular weight is 300 g/mol. The number of sulfonamides is 1. The molecule has 1 aromatic rings. The van der Waals surface area contributed by atoms with Gasteiger partial charge in [0.2, 0.25) is 10.0 Å². The van der Waals surface area contributed by atoms with Gasteiger partial charge in [0.15, 0.2) is 0 Å². The van der Waals surface area contributed by atoms with E-state index < -0.39 is 10.0 Å². The summed E-state index contributed by atoms with van der Waals surface area (Å²) in [5.74, 6) is 0.516. The highest BCUT2D eigenvalue weighted by molar-refractivity contribution is 7.89. The van der Waals surface area contributed by atoms with Gasteiger partial charge in [-0.1, -0.05) is 0 Å². The normalized spacial score (nSPS) is 17.4. The Morgan fingerprint density at radius 2 is 2.00 bits per heavy atom. The van der Waals surface area contributed by atoms with Gasteiger partial charge in [-0.15, -0.1) is 0 Å². The highest BCUT2D eigenvalue weighted by Gasteiger charge is 2.26. The molecule has 1 aliphatic heterocycles. The number of pyridine rings is 1. The summed E-state index contributed by atoms with van der Waals surface area (Å²) in [5, 5.41) is 0. The van der Waals surface area contributed by atoms with Gasteiger partial charge in [0.05, 0.1) is 24.2 Å². The lowest BCUT2D eigenvalue weighted by molar-refractivity contribution is 0.215. The molecule has 1 aliphatic rings. The predicted molar refractivity (Wildman–Crippen MR) is 78.1 cm³/mol. The lowest BCUT2D eigenvalue weighted by Gasteiger charge is -2.35. The van der Waals surface area contributed by atoms with Crippen molar-refractivity contribution in [2.45, 2.75) is 0 Å². The first-order chi connectivity index (χ1) is 9.53. The van der Waals surface area contributed by atoms with E-state index in [1.807, 2.05) is 6.07 Å². The summed E-state index contributed by atoms with van der Waals surface area (Å²) in [4.78, 5) is 6.16. The summed E-state index contributed by atoms with van der Waals surface area (Å²) in [6, 6.07) is 3.65. The smallest absolute Gasteiger partial charge is 0.216 e. The standard InChI is InChI=1S/C12H20N4O3S/c1-19-8-9-20(17,18)16-6-4-15(5-7-16)11-2-3-12(13)14-10-11/h2-3,10H,4-9H2,1H3,(H2,13,14). The summed E-state index contributed by atoms with van der Waals surface area (Å²) >= 11 is 0. The largest absolute Gasteiger partial charge is 0.384 e. The van der Waals surface area contributed by atoms with Crippen molar-refractivity contribution in [2.24, 2.45) is 0 Å². The highest BCUT2D eigenvalue weighted by atomic mass is 32.2. The molecule has 1 aromatic heterocycles. The maximum Gasteiger partial charge on any atom is 0.216 e. The van der Waals surface area contributed by atoms with E-state index in [1.165, 1.54) is 11.4 Å². The number of nitrogens with two attached hydrogens (primary N) is 1. The monoisotopic (exact) mass is 300 g/mol. The zero-order valence-electron chi connectivity index (χ0n) is 11.5. The number of nitrogen functional groups attached to an aromatic ring is 1. The first-order valence-corrected chi connectivity index (χ1v) is 8.07. The summed E-state index contributed by atoms with van der Waals surface area (Å²) in [7, 11) is -1.71. The van der Waals surface area contributed by atoms with E-state index in [0.29, 0.717) is 32.0 Å². The van der Waals surface area contributed by atoms with Crippen molar-refractivity contribution in [1.82, 2.24) is 9.29 Å². The Hall–Kier alpha value is -1.38. The van der Waals surface area contributed by atoms with E-state index in [1.54, 1.807) is 12.3 Å². The van der Waals surface area contributed by atoms with Crippen LogP contribution in [0.2, 0.25) is 0 Å². The molecule has 0 amide bonds. The second-order valence-corrected chi connectivity index (χ2v) is 6.72. The number of anilines is 2. The molecule has 2 heterocycles. The number of hydrogen-bond donors (Lipinski definition) is 1. The van der Waals surface area contributed by atoms with E-state index in [9.17, 15) is 8.42 Å². The van der Waals surface area contributed by atoms with Crippen LogP contribution in [0.25, 0.3) is 0 Å². The molecule has 7 nitrogen and oxygen atoms in total. The molecular formula is C12H20N4O3S. The SMILES string of the molecule is COCCS(=O)(=O)N1CCN(c2ccc(N)nc2)CC1. The van der Waals surface area contributed by atoms with Gasteiger partial charge in [0.1, 0.15) is 5.82 Å². The van der Waals surface area contributed by atoms with Crippen molar-refractivity contribution >= 4 is 21.5 Å². The molecule has 0 aliphatic carbocycles. The Morgan fingerprint density at radius 1 is 1.30 bits per heavy atom. The maximum atomic E-state index is 12.0. The van der Waals surface area contributed by atoms with Gasteiger partial charge < -0.3 is 15.4 Å². The number of aromatic nitrogens is 1. The van der Waals surface area contributed by atoms with Gasteiger partial charge in [-0.25, -0.2) is 13.4 Å². The van der Waals surface area contributed by atoms with Crippen molar-refractivity contribution in [3.8, 4) is 0 Å². The van der Waals surface area contributed by atoms with Crippen molar-refractivity contribution in [3.63, 3.8) is 0 Å². The molecule has 0 atom stereocenters. The van der Waals surface area contributed by atoms with Gasteiger partial charge in [-0.2, -0.15) is 4.31 Å². The molecule has 2 rings (SSSR count). The van der Waals surface area contributed by atoms with E-state index in [4.69, 9.17) is 10.5 Å². The molecule has 1 saturated heterocycles. The van der Waals surface area contributed by atoms with Gasteiger partial charge in [0.25, 0.3) is 0 Å². The molecule has 1 fully saturated rings. The van der Waals surface area contributed by atoms with Gasteiger partial charge in [0, 0.05) is 33.3 Å². The fourth-order valence-electron chi connectivity index (χ4n) is 2.13. The third-order valence-corrected chi connectivity index (χ3v) is 5.15. The van der Waals surface area contributed by atoms with Crippen LogP contribution in [0, 0.1) is 0 Å². The Bertz CT molecular complexity index is 524. The Balaban J connectivity index is 1.93. The number of nitrogens with zero attached hydrogens (tertiary/aromatic N) is 3. The number of ether oxygens (including phenoxy) is 1. The Labute approximate surface area is 119 Å².